The largest absolute Gasteiger partial charge is 0.497 e. The first kappa shape index (κ1) is 24.5. The van der Waals surface area contributed by atoms with Crippen LogP contribution < -0.4 is 15.6 Å². The Morgan fingerprint density at radius 3 is 2.66 bits per heavy atom. The number of carbonyl (C=O) groups is 1. The van der Waals surface area contributed by atoms with Gasteiger partial charge in [0, 0.05) is 12.2 Å². The van der Waals surface area contributed by atoms with Crippen LogP contribution in [0.4, 0.5) is 5.69 Å². The van der Waals surface area contributed by atoms with Gasteiger partial charge in [-0.25, -0.2) is 4.98 Å². The Kier molecular flexibility index (Phi) is 7.25. The van der Waals surface area contributed by atoms with Gasteiger partial charge in [0.15, 0.2) is 10.7 Å². The molecule has 4 aromatic rings. The number of methoxy groups -OCH3 is 1. The molecule has 2 aromatic carbocycles. The topological polar surface area (TPSA) is 91.0 Å². The fraction of sp³-hybridized carbons (Fsp3) is 0.308. The minimum atomic E-state index is -0.183. The number of aromatic nitrogens is 4. The molecule has 182 valence electrons. The molecular weight excluding hydrogens is 462 g/mol. The summed E-state index contributed by atoms with van der Waals surface area (Å²) in [5.74, 6) is 0.665. The summed E-state index contributed by atoms with van der Waals surface area (Å²) in [6.07, 6.45) is 0. The molecule has 0 saturated heterocycles. The molecule has 0 aliphatic carbocycles. The Morgan fingerprint density at radius 2 is 1.91 bits per heavy atom. The number of benzene rings is 2. The number of carbonyl (C=O) groups excluding carboxylic acids is 1. The van der Waals surface area contributed by atoms with Crippen LogP contribution in [0.5, 0.6) is 5.75 Å². The van der Waals surface area contributed by atoms with Gasteiger partial charge in [-0.05, 0) is 62.6 Å². The number of rotatable bonds is 8. The molecule has 0 aliphatic rings. The third-order valence-corrected chi connectivity index (χ3v) is 6.94. The van der Waals surface area contributed by atoms with Gasteiger partial charge in [0.2, 0.25) is 5.91 Å². The van der Waals surface area contributed by atoms with Crippen LogP contribution in [0.15, 0.2) is 52.4 Å². The quantitative estimate of drug-likeness (QED) is 0.292. The van der Waals surface area contributed by atoms with Crippen molar-refractivity contribution in [3.05, 3.63) is 75.2 Å². The lowest BCUT2D eigenvalue weighted by molar-refractivity contribution is -0.113. The van der Waals surface area contributed by atoms with Crippen molar-refractivity contribution in [2.24, 2.45) is 0 Å². The van der Waals surface area contributed by atoms with E-state index >= 15 is 0 Å². The summed E-state index contributed by atoms with van der Waals surface area (Å²) in [7, 11) is 1.61. The number of anilines is 1. The zero-order valence-corrected chi connectivity index (χ0v) is 21.4. The van der Waals surface area contributed by atoms with Gasteiger partial charge < -0.3 is 10.1 Å². The van der Waals surface area contributed by atoms with Crippen molar-refractivity contribution in [1.82, 2.24) is 19.3 Å². The van der Waals surface area contributed by atoms with E-state index in [4.69, 9.17) is 9.72 Å². The SMILES string of the molecule is CCn1nc(C)c2nc(SCC(=O)Nc3cccc(C)c3C)n(Cc3cccc(OC)c3)c(=O)c21. The predicted octanol–water partition coefficient (Wildman–Crippen LogP) is 4.33. The molecular formula is C26H29N5O3S. The number of fused-ring (bicyclic) bond motifs is 1. The van der Waals surface area contributed by atoms with Crippen LogP contribution in [-0.2, 0) is 17.9 Å². The van der Waals surface area contributed by atoms with Crippen molar-refractivity contribution < 1.29 is 9.53 Å². The Balaban J connectivity index is 1.69. The van der Waals surface area contributed by atoms with Crippen LogP contribution >= 0.6 is 11.8 Å². The van der Waals surface area contributed by atoms with Crippen molar-refractivity contribution in [3.63, 3.8) is 0 Å². The zero-order chi connectivity index (χ0) is 25.1. The van der Waals surface area contributed by atoms with Gasteiger partial charge in [0.05, 0.1) is 25.1 Å². The van der Waals surface area contributed by atoms with E-state index in [0.29, 0.717) is 40.7 Å². The van der Waals surface area contributed by atoms with Gasteiger partial charge in [0.1, 0.15) is 11.3 Å². The lowest BCUT2D eigenvalue weighted by atomic mass is 10.1. The second-order valence-electron chi connectivity index (χ2n) is 8.32. The smallest absolute Gasteiger partial charge is 0.280 e. The standard InChI is InChI=1S/C26H29N5O3S/c1-6-31-24-23(18(4)29-31)28-26(30(25(24)33)14-19-10-8-11-20(13-19)34-5)35-15-22(32)27-21-12-7-9-16(2)17(21)3/h7-13H,6,14-15H2,1-5H3,(H,27,32). The summed E-state index contributed by atoms with van der Waals surface area (Å²) in [6.45, 7) is 8.63. The van der Waals surface area contributed by atoms with Crippen LogP contribution in [0.1, 0.15) is 29.3 Å². The lowest BCUT2D eigenvalue weighted by Crippen LogP contribution is -2.26. The number of ether oxygens (including phenoxy) is 1. The maximum atomic E-state index is 13.6. The molecule has 0 saturated carbocycles. The molecule has 8 nitrogen and oxygen atoms in total. The molecule has 0 unspecified atom stereocenters. The van der Waals surface area contributed by atoms with Gasteiger partial charge in [-0.2, -0.15) is 5.10 Å². The number of hydrogen-bond acceptors (Lipinski definition) is 6. The van der Waals surface area contributed by atoms with Crippen LogP contribution in [0.3, 0.4) is 0 Å². The minimum absolute atomic E-state index is 0.115. The zero-order valence-electron chi connectivity index (χ0n) is 20.6. The molecule has 0 atom stereocenters. The first-order valence-corrected chi connectivity index (χ1v) is 12.4. The highest BCUT2D eigenvalue weighted by atomic mass is 32.2. The maximum Gasteiger partial charge on any atom is 0.280 e. The number of hydrogen-bond donors (Lipinski definition) is 1. The van der Waals surface area contributed by atoms with E-state index in [2.05, 4.69) is 10.4 Å². The molecule has 4 rings (SSSR count). The van der Waals surface area contributed by atoms with Crippen molar-refractivity contribution >= 4 is 34.4 Å². The second kappa shape index (κ2) is 10.4. The van der Waals surface area contributed by atoms with E-state index in [1.165, 1.54) is 11.8 Å². The van der Waals surface area contributed by atoms with Gasteiger partial charge in [-0.1, -0.05) is 36.0 Å². The highest BCUT2D eigenvalue weighted by Gasteiger charge is 2.19. The summed E-state index contributed by atoms with van der Waals surface area (Å²) in [5.41, 5.74) is 5.36. The molecule has 2 heterocycles. The second-order valence-corrected chi connectivity index (χ2v) is 9.26. The van der Waals surface area contributed by atoms with Crippen molar-refractivity contribution in [2.75, 3.05) is 18.2 Å². The van der Waals surface area contributed by atoms with Crippen LogP contribution in [0, 0.1) is 20.8 Å². The summed E-state index contributed by atoms with van der Waals surface area (Å²) in [5, 5.41) is 7.93. The Bertz CT molecular complexity index is 1460. The number of amides is 1. The highest BCUT2D eigenvalue weighted by molar-refractivity contribution is 7.99. The molecule has 0 aliphatic heterocycles. The van der Waals surface area contributed by atoms with Gasteiger partial charge in [-0.15, -0.1) is 0 Å². The third kappa shape index (κ3) is 5.09. The molecule has 35 heavy (non-hydrogen) atoms. The summed E-state index contributed by atoms with van der Waals surface area (Å²) in [6, 6.07) is 13.4. The molecule has 9 heteroatoms. The lowest BCUT2D eigenvalue weighted by Gasteiger charge is -2.14. The van der Waals surface area contributed by atoms with Crippen LogP contribution in [0.25, 0.3) is 11.0 Å². The molecule has 0 spiro atoms. The number of nitrogens with zero attached hydrogens (tertiary/aromatic N) is 4. The van der Waals surface area contributed by atoms with E-state index < -0.39 is 0 Å². The molecule has 0 radical (unpaired) electrons. The Morgan fingerprint density at radius 1 is 1.14 bits per heavy atom. The highest BCUT2D eigenvalue weighted by Crippen LogP contribution is 2.23. The monoisotopic (exact) mass is 491 g/mol. The summed E-state index contributed by atoms with van der Waals surface area (Å²) in [4.78, 5) is 31.2. The van der Waals surface area contributed by atoms with Crippen molar-refractivity contribution in [3.8, 4) is 5.75 Å². The first-order chi connectivity index (χ1) is 16.8. The average molecular weight is 492 g/mol. The maximum absolute atomic E-state index is 13.6. The van der Waals surface area contributed by atoms with Crippen LogP contribution in [-0.4, -0.2) is 38.1 Å². The van der Waals surface area contributed by atoms with Gasteiger partial charge in [-0.3, -0.25) is 18.8 Å². The van der Waals surface area contributed by atoms with Gasteiger partial charge >= 0.3 is 0 Å². The number of aryl methyl sites for hydroxylation is 3. The Labute approximate surface area is 208 Å². The van der Waals surface area contributed by atoms with E-state index in [1.807, 2.05) is 70.2 Å². The van der Waals surface area contributed by atoms with E-state index in [9.17, 15) is 9.59 Å². The van der Waals surface area contributed by atoms with Gasteiger partial charge in [0.25, 0.3) is 5.56 Å². The van der Waals surface area contributed by atoms with Crippen molar-refractivity contribution in [1.29, 1.82) is 0 Å². The fourth-order valence-corrected chi connectivity index (χ4v) is 4.71. The normalized spacial score (nSPS) is 11.1. The Hall–Kier alpha value is -3.59. The van der Waals surface area contributed by atoms with Crippen LogP contribution in [0.2, 0.25) is 0 Å². The average Bonchev–Trinajstić information content (AvgIpc) is 3.18. The van der Waals surface area contributed by atoms with E-state index in [0.717, 1.165) is 22.4 Å². The summed E-state index contributed by atoms with van der Waals surface area (Å²) >= 11 is 1.24. The van der Waals surface area contributed by atoms with Crippen molar-refractivity contribution in [2.45, 2.75) is 45.9 Å². The molecule has 1 N–H and O–H groups in total. The molecule has 2 aromatic heterocycles. The fourth-order valence-electron chi connectivity index (χ4n) is 3.92. The molecule has 0 fully saturated rings. The number of nitrogens with one attached hydrogen (secondary N) is 1. The number of thioether (sulfide) groups is 1. The van der Waals surface area contributed by atoms with E-state index in [-0.39, 0.29) is 17.2 Å². The minimum Gasteiger partial charge on any atom is -0.497 e. The summed E-state index contributed by atoms with van der Waals surface area (Å²) < 4.78 is 8.64. The predicted molar refractivity (Wildman–Crippen MR) is 140 cm³/mol. The first-order valence-electron chi connectivity index (χ1n) is 11.4. The molecule has 1 amide bonds. The molecule has 0 bridgehead atoms. The third-order valence-electron chi connectivity index (χ3n) is 5.97. The van der Waals surface area contributed by atoms with E-state index in [1.54, 1.807) is 16.4 Å².